The second-order valence-corrected chi connectivity index (χ2v) is 5.14. The van der Waals surface area contributed by atoms with Crippen LogP contribution in [-0.4, -0.2) is 69.7 Å². The monoisotopic (exact) mass is 264 g/mol. The minimum atomic E-state index is 0.205. The molecule has 1 aromatic rings. The summed E-state index contributed by atoms with van der Waals surface area (Å²) >= 11 is 0. The Bertz CT molecular complexity index is 437. The first-order valence-corrected chi connectivity index (χ1v) is 6.90. The van der Waals surface area contributed by atoms with Crippen molar-refractivity contribution in [1.82, 2.24) is 29.9 Å². The number of fused-ring (bicyclic) bond motifs is 1. The highest BCUT2D eigenvalue weighted by Crippen LogP contribution is 2.09. The fraction of sp³-hybridized carbons (Fsp3) is 0.750. The maximum Gasteiger partial charge on any atom is 0.237 e. The molecule has 0 radical (unpaired) electrons. The van der Waals surface area contributed by atoms with E-state index < -0.39 is 0 Å². The molecular weight excluding hydrogens is 244 g/mol. The van der Waals surface area contributed by atoms with Gasteiger partial charge in [-0.2, -0.15) is 0 Å². The third-order valence-corrected chi connectivity index (χ3v) is 3.78. The molecule has 2 aliphatic rings. The maximum atomic E-state index is 12.3. The van der Waals surface area contributed by atoms with Gasteiger partial charge in [0.1, 0.15) is 6.33 Å². The Morgan fingerprint density at radius 2 is 2.21 bits per heavy atom. The Balaban J connectivity index is 1.56. The SMILES string of the molecule is O=C(CN1CCCNCC1)N1CCn2cnnc2C1. The van der Waals surface area contributed by atoms with Crippen LogP contribution in [0.15, 0.2) is 6.33 Å². The molecule has 0 atom stereocenters. The molecule has 2 aliphatic heterocycles. The van der Waals surface area contributed by atoms with E-state index in [9.17, 15) is 4.79 Å². The average Bonchev–Trinajstić information content (AvgIpc) is 2.75. The molecule has 0 aliphatic carbocycles. The normalized spacial score (nSPS) is 20.9. The fourth-order valence-electron chi connectivity index (χ4n) is 2.63. The van der Waals surface area contributed by atoms with Crippen molar-refractivity contribution in [2.24, 2.45) is 0 Å². The lowest BCUT2D eigenvalue weighted by Crippen LogP contribution is -2.44. The molecule has 0 saturated carbocycles. The van der Waals surface area contributed by atoms with Gasteiger partial charge < -0.3 is 14.8 Å². The van der Waals surface area contributed by atoms with Gasteiger partial charge in [-0.1, -0.05) is 0 Å². The number of carbonyl (C=O) groups excluding carboxylic acids is 1. The predicted molar refractivity (Wildman–Crippen MR) is 69.4 cm³/mol. The van der Waals surface area contributed by atoms with Gasteiger partial charge in [-0.25, -0.2) is 0 Å². The predicted octanol–water partition coefficient (Wildman–Crippen LogP) is -1.08. The first-order valence-electron chi connectivity index (χ1n) is 6.90. The van der Waals surface area contributed by atoms with E-state index >= 15 is 0 Å². The Morgan fingerprint density at radius 3 is 3.16 bits per heavy atom. The zero-order valence-corrected chi connectivity index (χ0v) is 11.1. The molecule has 1 fully saturated rings. The summed E-state index contributed by atoms with van der Waals surface area (Å²) in [6, 6.07) is 0. The number of amides is 1. The van der Waals surface area contributed by atoms with Crippen molar-refractivity contribution in [1.29, 1.82) is 0 Å². The number of carbonyl (C=O) groups is 1. The van der Waals surface area contributed by atoms with Crippen molar-refractivity contribution in [3.05, 3.63) is 12.2 Å². The van der Waals surface area contributed by atoms with Gasteiger partial charge >= 0.3 is 0 Å². The van der Waals surface area contributed by atoms with Gasteiger partial charge in [0.05, 0.1) is 13.1 Å². The van der Waals surface area contributed by atoms with Gasteiger partial charge in [-0.15, -0.1) is 10.2 Å². The highest BCUT2D eigenvalue weighted by atomic mass is 16.2. The van der Waals surface area contributed by atoms with Crippen LogP contribution >= 0.6 is 0 Å². The largest absolute Gasteiger partial charge is 0.332 e. The quantitative estimate of drug-likeness (QED) is 0.736. The van der Waals surface area contributed by atoms with E-state index in [1.165, 1.54) is 0 Å². The lowest BCUT2D eigenvalue weighted by molar-refractivity contribution is -0.133. The molecule has 1 aromatic heterocycles. The number of aromatic nitrogens is 3. The Labute approximate surface area is 112 Å². The number of nitrogens with one attached hydrogen (secondary N) is 1. The first-order chi connectivity index (χ1) is 9.33. The molecule has 19 heavy (non-hydrogen) atoms. The molecule has 7 nitrogen and oxygen atoms in total. The number of nitrogens with zero attached hydrogens (tertiary/aromatic N) is 5. The van der Waals surface area contributed by atoms with Crippen molar-refractivity contribution in [3.63, 3.8) is 0 Å². The van der Waals surface area contributed by atoms with Crippen molar-refractivity contribution in [2.45, 2.75) is 19.5 Å². The standard InChI is InChI=1S/C12H20N6O/c19-12(9-16-4-1-2-13-3-5-16)17-6-7-18-10-14-15-11(18)8-17/h10,13H,1-9H2. The third-order valence-electron chi connectivity index (χ3n) is 3.78. The van der Waals surface area contributed by atoms with E-state index in [4.69, 9.17) is 0 Å². The average molecular weight is 264 g/mol. The van der Waals surface area contributed by atoms with Crippen LogP contribution in [0.25, 0.3) is 0 Å². The van der Waals surface area contributed by atoms with Gasteiger partial charge in [0, 0.05) is 26.2 Å². The summed E-state index contributed by atoms with van der Waals surface area (Å²) in [6.45, 7) is 6.66. The second-order valence-electron chi connectivity index (χ2n) is 5.14. The van der Waals surface area contributed by atoms with Crippen LogP contribution in [0.1, 0.15) is 12.2 Å². The molecule has 3 heterocycles. The Hall–Kier alpha value is -1.47. The second kappa shape index (κ2) is 5.66. The molecule has 3 rings (SSSR count). The summed E-state index contributed by atoms with van der Waals surface area (Å²) in [4.78, 5) is 16.4. The third kappa shape index (κ3) is 2.93. The highest BCUT2D eigenvalue weighted by Gasteiger charge is 2.23. The summed E-state index contributed by atoms with van der Waals surface area (Å²) in [6.07, 6.45) is 2.85. The van der Waals surface area contributed by atoms with E-state index in [2.05, 4.69) is 20.4 Å². The van der Waals surface area contributed by atoms with Crippen LogP contribution in [0.4, 0.5) is 0 Å². The molecular formula is C12H20N6O. The molecule has 0 bridgehead atoms. The van der Waals surface area contributed by atoms with Gasteiger partial charge in [-0.3, -0.25) is 9.69 Å². The summed E-state index contributed by atoms with van der Waals surface area (Å²) in [5.41, 5.74) is 0. The first kappa shape index (κ1) is 12.6. The van der Waals surface area contributed by atoms with Gasteiger partial charge in [0.15, 0.2) is 5.82 Å². The van der Waals surface area contributed by atoms with Gasteiger partial charge in [0.2, 0.25) is 5.91 Å². The van der Waals surface area contributed by atoms with E-state index in [-0.39, 0.29) is 5.91 Å². The molecule has 1 amide bonds. The zero-order chi connectivity index (χ0) is 13.1. The van der Waals surface area contributed by atoms with Gasteiger partial charge in [-0.05, 0) is 19.5 Å². The molecule has 0 spiro atoms. The molecule has 7 heteroatoms. The molecule has 1 N–H and O–H groups in total. The van der Waals surface area contributed by atoms with Crippen LogP contribution in [-0.2, 0) is 17.9 Å². The summed E-state index contributed by atoms with van der Waals surface area (Å²) in [5, 5.41) is 11.3. The minimum Gasteiger partial charge on any atom is -0.332 e. The summed E-state index contributed by atoms with van der Waals surface area (Å²) in [5.74, 6) is 1.09. The lowest BCUT2D eigenvalue weighted by Gasteiger charge is -2.29. The number of hydrogen-bond donors (Lipinski definition) is 1. The lowest BCUT2D eigenvalue weighted by atomic mass is 10.3. The Kier molecular flexibility index (Phi) is 3.74. The zero-order valence-electron chi connectivity index (χ0n) is 11.1. The van der Waals surface area contributed by atoms with Gasteiger partial charge in [0.25, 0.3) is 0 Å². The number of rotatable bonds is 2. The summed E-state index contributed by atoms with van der Waals surface area (Å²) < 4.78 is 2.01. The molecule has 104 valence electrons. The fourth-order valence-corrected chi connectivity index (χ4v) is 2.63. The summed E-state index contributed by atoms with van der Waals surface area (Å²) in [7, 11) is 0. The van der Waals surface area contributed by atoms with E-state index in [1.54, 1.807) is 6.33 Å². The van der Waals surface area contributed by atoms with Crippen LogP contribution in [0, 0.1) is 0 Å². The van der Waals surface area contributed by atoms with Crippen molar-refractivity contribution in [3.8, 4) is 0 Å². The van der Waals surface area contributed by atoms with Crippen LogP contribution in [0.5, 0.6) is 0 Å². The van der Waals surface area contributed by atoms with Crippen LogP contribution in [0.2, 0.25) is 0 Å². The van der Waals surface area contributed by atoms with Crippen LogP contribution in [0.3, 0.4) is 0 Å². The molecule has 0 unspecified atom stereocenters. The van der Waals surface area contributed by atoms with E-state index in [0.717, 1.165) is 51.5 Å². The minimum absolute atomic E-state index is 0.205. The topological polar surface area (TPSA) is 66.3 Å². The molecule has 1 saturated heterocycles. The van der Waals surface area contributed by atoms with Crippen molar-refractivity contribution in [2.75, 3.05) is 39.3 Å². The van der Waals surface area contributed by atoms with Crippen molar-refractivity contribution >= 4 is 5.91 Å². The maximum absolute atomic E-state index is 12.3. The highest BCUT2D eigenvalue weighted by molar-refractivity contribution is 5.78. The number of hydrogen-bond acceptors (Lipinski definition) is 5. The van der Waals surface area contributed by atoms with E-state index in [1.807, 2.05) is 9.47 Å². The van der Waals surface area contributed by atoms with Crippen LogP contribution < -0.4 is 5.32 Å². The smallest absolute Gasteiger partial charge is 0.237 e. The van der Waals surface area contributed by atoms with Crippen molar-refractivity contribution < 1.29 is 4.79 Å². The van der Waals surface area contributed by atoms with E-state index in [0.29, 0.717) is 13.1 Å². The molecule has 0 aromatic carbocycles. The Morgan fingerprint density at radius 1 is 1.26 bits per heavy atom.